The van der Waals surface area contributed by atoms with Crippen LogP contribution in [0, 0.1) is 5.41 Å². The average Bonchev–Trinajstić information content (AvgIpc) is 2.46. The van der Waals surface area contributed by atoms with Crippen molar-refractivity contribution in [3.8, 4) is 0 Å². The van der Waals surface area contributed by atoms with Crippen LogP contribution in [0.25, 0.3) is 0 Å². The van der Waals surface area contributed by atoms with Gasteiger partial charge in [-0.2, -0.15) is 13.2 Å². The number of carbonyl (C=O) groups is 1. The van der Waals surface area contributed by atoms with E-state index in [1.165, 1.54) is 12.1 Å². The first kappa shape index (κ1) is 17.1. The second-order valence-electron chi connectivity index (χ2n) is 6.09. The van der Waals surface area contributed by atoms with Crippen molar-refractivity contribution in [1.82, 2.24) is 5.32 Å². The molecule has 124 valence electrons. The first-order chi connectivity index (χ1) is 10.6. The molecule has 2 rings (SSSR count). The van der Waals surface area contributed by atoms with Crippen LogP contribution >= 0.6 is 0 Å². The maximum absolute atomic E-state index is 12.7. The van der Waals surface area contributed by atoms with Crippen LogP contribution in [0.4, 0.5) is 18.9 Å². The predicted molar refractivity (Wildman–Crippen MR) is 83.7 cm³/mol. The van der Waals surface area contributed by atoms with E-state index in [1.807, 2.05) is 13.8 Å². The molecule has 1 aliphatic carbocycles. The molecule has 1 aromatic carbocycles. The van der Waals surface area contributed by atoms with Crippen LogP contribution in [0.15, 0.2) is 47.7 Å². The van der Waals surface area contributed by atoms with Gasteiger partial charge in [0.2, 0.25) is 0 Å². The number of halogens is 3. The molecule has 0 spiro atoms. The van der Waals surface area contributed by atoms with Crippen LogP contribution in [0.5, 0.6) is 0 Å². The van der Waals surface area contributed by atoms with Crippen LogP contribution in [-0.4, -0.2) is 13.0 Å². The Bertz CT molecular complexity index is 673. The summed E-state index contributed by atoms with van der Waals surface area (Å²) in [5, 5.41) is 5.58. The molecule has 0 saturated heterocycles. The maximum Gasteiger partial charge on any atom is 0.416 e. The number of benzene rings is 1. The molecule has 0 saturated carbocycles. The third-order valence-corrected chi connectivity index (χ3v) is 3.84. The number of carbonyl (C=O) groups excluding carboxylic acids is 1. The van der Waals surface area contributed by atoms with Gasteiger partial charge in [-0.1, -0.05) is 26.0 Å². The number of nitrogens with one attached hydrogen (secondary N) is 2. The number of amides is 1. The molecule has 0 unspecified atom stereocenters. The molecule has 0 bridgehead atoms. The second kappa shape index (κ2) is 6.10. The van der Waals surface area contributed by atoms with Gasteiger partial charge in [0, 0.05) is 29.4 Å². The molecular formula is C17H19F3N2O. The van der Waals surface area contributed by atoms with Gasteiger partial charge in [-0.3, -0.25) is 4.79 Å². The highest BCUT2D eigenvalue weighted by molar-refractivity contribution is 6.06. The Labute approximate surface area is 133 Å². The third-order valence-electron chi connectivity index (χ3n) is 3.84. The molecule has 1 aliphatic rings. The molecule has 1 amide bonds. The van der Waals surface area contributed by atoms with Crippen molar-refractivity contribution in [1.29, 1.82) is 0 Å². The van der Waals surface area contributed by atoms with Crippen LogP contribution in [0.2, 0.25) is 0 Å². The molecule has 0 radical (unpaired) electrons. The van der Waals surface area contributed by atoms with Gasteiger partial charge in [-0.05, 0) is 30.7 Å². The van der Waals surface area contributed by atoms with Crippen molar-refractivity contribution in [2.45, 2.75) is 26.4 Å². The van der Waals surface area contributed by atoms with Gasteiger partial charge in [0.25, 0.3) is 5.91 Å². The van der Waals surface area contributed by atoms with E-state index in [2.05, 4.69) is 10.6 Å². The third kappa shape index (κ3) is 3.94. The quantitative estimate of drug-likeness (QED) is 0.879. The predicted octanol–water partition coefficient (Wildman–Crippen LogP) is 4.10. The zero-order valence-electron chi connectivity index (χ0n) is 13.2. The number of hydrogen-bond donors (Lipinski definition) is 2. The normalized spacial score (nSPS) is 17.1. The molecule has 0 aromatic heterocycles. The summed E-state index contributed by atoms with van der Waals surface area (Å²) in [5.41, 5.74) is 0.574. The van der Waals surface area contributed by atoms with Crippen molar-refractivity contribution < 1.29 is 18.0 Å². The van der Waals surface area contributed by atoms with E-state index >= 15 is 0 Å². The van der Waals surface area contributed by atoms with E-state index in [-0.39, 0.29) is 11.1 Å². The highest BCUT2D eigenvalue weighted by atomic mass is 19.4. The summed E-state index contributed by atoms with van der Waals surface area (Å²) in [6.45, 7) is 4.10. The van der Waals surface area contributed by atoms with Crippen molar-refractivity contribution in [2.24, 2.45) is 5.41 Å². The van der Waals surface area contributed by atoms with E-state index < -0.39 is 17.6 Å². The van der Waals surface area contributed by atoms with Gasteiger partial charge in [0.15, 0.2) is 0 Å². The fourth-order valence-corrected chi connectivity index (χ4v) is 2.43. The van der Waals surface area contributed by atoms with Crippen LogP contribution in [-0.2, 0) is 11.0 Å². The number of allylic oxidation sites excluding steroid dienone is 2. The summed E-state index contributed by atoms with van der Waals surface area (Å²) < 4.78 is 38.1. The largest absolute Gasteiger partial charge is 0.416 e. The molecule has 6 heteroatoms. The van der Waals surface area contributed by atoms with Gasteiger partial charge in [0.1, 0.15) is 0 Å². The SMILES string of the molecule is CNC1=CC(C(=O)Nc2cccc(C(F)(F)F)c2)=CCC1(C)C. The molecule has 0 aliphatic heterocycles. The average molecular weight is 324 g/mol. The van der Waals surface area contributed by atoms with Gasteiger partial charge in [-0.15, -0.1) is 0 Å². The van der Waals surface area contributed by atoms with E-state index in [0.717, 1.165) is 17.8 Å². The molecule has 1 aromatic rings. The first-order valence-corrected chi connectivity index (χ1v) is 7.22. The summed E-state index contributed by atoms with van der Waals surface area (Å²) in [5.74, 6) is -0.424. The number of anilines is 1. The van der Waals surface area contributed by atoms with E-state index in [0.29, 0.717) is 12.0 Å². The Morgan fingerprint density at radius 2 is 1.96 bits per heavy atom. The second-order valence-corrected chi connectivity index (χ2v) is 6.09. The smallest absolute Gasteiger partial charge is 0.391 e. The number of hydrogen-bond acceptors (Lipinski definition) is 2. The fourth-order valence-electron chi connectivity index (χ4n) is 2.43. The lowest BCUT2D eigenvalue weighted by Gasteiger charge is -2.30. The fraction of sp³-hybridized carbons (Fsp3) is 0.353. The summed E-state index contributed by atoms with van der Waals surface area (Å²) in [6.07, 6.45) is -0.241. The highest BCUT2D eigenvalue weighted by Crippen LogP contribution is 2.34. The molecule has 0 atom stereocenters. The molecule has 0 heterocycles. The minimum absolute atomic E-state index is 0.102. The van der Waals surface area contributed by atoms with Gasteiger partial charge in [-0.25, -0.2) is 0 Å². The van der Waals surface area contributed by atoms with Crippen molar-refractivity contribution in [2.75, 3.05) is 12.4 Å². The standard InChI is InChI=1S/C17H19F3N2O/c1-16(2)8-7-11(9-14(16)21-3)15(23)22-13-6-4-5-12(10-13)17(18,19)20/h4-7,9-10,21H,8H2,1-3H3,(H,22,23). The van der Waals surface area contributed by atoms with E-state index in [1.54, 1.807) is 19.2 Å². The first-order valence-electron chi connectivity index (χ1n) is 7.22. The number of alkyl halides is 3. The zero-order chi connectivity index (χ0) is 17.3. The topological polar surface area (TPSA) is 41.1 Å². The van der Waals surface area contributed by atoms with Crippen molar-refractivity contribution in [3.63, 3.8) is 0 Å². The zero-order valence-corrected chi connectivity index (χ0v) is 13.2. The maximum atomic E-state index is 12.7. The monoisotopic (exact) mass is 324 g/mol. The Balaban J connectivity index is 2.18. The van der Waals surface area contributed by atoms with Crippen molar-refractivity contribution in [3.05, 3.63) is 53.3 Å². The molecule has 23 heavy (non-hydrogen) atoms. The minimum Gasteiger partial charge on any atom is -0.391 e. The highest BCUT2D eigenvalue weighted by Gasteiger charge is 2.31. The minimum atomic E-state index is -4.44. The lowest BCUT2D eigenvalue weighted by Crippen LogP contribution is -2.28. The lowest BCUT2D eigenvalue weighted by atomic mass is 9.80. The van der Waals surface area contributed by atoms with Gasteiger partial charge < -0.3 is 10.6 Å². The summed E-state index contributed by atoms with van der Waals surface area (Å²) in [4.78, 5) is 12.3. The molecule has 0 fully saturated rings. The Kier molecular flexibility index (Phi) is 4.54. The summed E-state index contributed by atoms with van der Waals surface area (Å²) >= 11 is 0. The number of rotatable bonds is 3. The Morgan fingerprint density at radius 3 is 2.57 bits per heavy atom. The Hall–Kier alpha value is -2.24. The summed E-state index contributed by atoms with van der Waals surface area (Å²) in [6, 6.07) is 4.60. The van der Waals surface area contributed by atoms with Gasteiger partial charge in [0.05, 0.1) is 5.56 Å². The van der Waals surface area contributed by atoms with Crippen molar-refractivity contribution >= 4 is 11.6 Å². The lowest BCUT2D eigenvalue weighted by molar-refractivity contribution is -0.137. The summed E-state index contributed by atoms with van der Waals surface area (Å²) in [7, 11) is 1.78. The Morgan fingerprint density at radius 1 is 1.26 bits per heavy atom. The molecule has 2 N–H and O–H groups in total. The molecule has 3 nitrogen and oxygen atoms in total. The van der Waals surface area contributed by atoms with E-state index in [9.17, 15) is 18.0 Å². The van der Waals surface area contributed by atoms with Crippen LogP contribution < -0.4 is 10.6 Å². The van der Waals surface area contributed by atoms with Gasteiger partial charge >= 0.3 is 6.18 Å². The molecular weight excluding hydrogens is 305 g/mol. The van der Waals surface area contributed by atoms with Crippen LogP contribution in [0.3, 0.4) is 0 Å². The van der Waals surface area contributed by atoms with E-state index in [4.69, 9.17) is 0 Å². The van der Waals surface area contributed by atoms with Crippen LogP contribution in [0.1, 0.15) is 25.8 Å².